The van der Waals surface area contributed by atoms with E-state index in [-0.39, 0.29) is 17.4 Å². The predicted octanol–water partition coefficient (Wildman–Crippen LogP) is 3.08. The van der Waals surface area contributed by atoms with E-state index in [0.29, 0.717) is 22.3 Å². The first-order chi connectivity index (χ1) is 12.9. The second-order valence-electron chi connectivity index (χ2n) is 6.49. The van der Waals surface area contributed by atoms with Crippen LogP contribution in [0.25, 0.3) is 20.8 Å². The van der Waals surface area contributed by atoms with Crippen molar-refractivity contribution in [3.05, 3.63) is 41.7 Å². The predicted molar refractivity (Wildman–Crippen MR) is 103 cm³/mol. The number of pyridine rings is 1. The van der Waals surface area contributed by atoms with Gasteiger partial charge in [-0.15, -0.1) is 11.3 Å². The molecule has 0 unspecified atom stereocenters. The van der Waals surface area contributed by atoms with Crippen LogP contribution >= 0.6 is 11.3 Å². The number of nitrogens with one attached hydrogen (secondary N) is 1. The molecular weight excluding hydrogens is 366 g/mol. The topological polar surface area (TPSA) is 112 Å². The molecular formula is C19H19N3O4S. The highest BCUT2D eigenvalue weighted by Gasteiger charge is 2.23. The number of carboxylic acid groups (broad SMARTS) is 1. The van der Waals surface area contributed by atoms with E-state index in [4.69, 9.17) is 5.11 Å². The standard InChI is InChI=1S/C19H19N3O4S/c1-10(2)8-12-14-17(27-19(22-14)11-6-4-3-5-7-11)16(25)15(21-12)18(26)20-9-13(23)24/h3-7,10,25H,8-9H2,1-2H3,(H,20,26)(H,23,24). The zero-order chi connectivity index (χ0) is 19.6. The third-order valence-electron chi connectivity index (χ3n) is 3.82. The molecule has 3 aromatic rings. The van der Waals surface area contributed by atoms with Crippen molar-refractivity contribution in [1.82, 2.24) is 15.3 Å². The molecule has 0 aliphatic rings. The van der Waals surface area contributed by atoms with Crippen LogP contribution in [0.5, 0.6) is 5.75 Å². The average Bonchev–Trinajstić information content (AvgIpc) is 3.08. The normalized spacial score (nSPS) is 11.1. The maximum Gasteiger partial charge on any atom is 0.322 e. The molecule has 0 spiro atoms. The minimum absolute atomic E-state index is 0.178. The second kappa shape index (κ2) is 7.71. The van der Waals surface area contributed by atoms with E-state index in [2.05, 4.69) is 15.3 Å². The number of thiazole rings is 1. The molecule has 0 radical (unpaired) electrons. The number of fused-ring (bicyclic) bond motifs is 1. The molecule has 8 heteroatoms. The van der Waals surface area contributed by atoms with Gasteiger partial charge in [0.25, 0.3) is 5.91 Å². The number of rotatable bonds is 6. The van der Waals surface area contributed by atoms with Crippen LogP contribution in [0.3, 0.4) is 0 Å². The average molecular weight is 385 g/mol. The fourth-order valence-electron chi connectivity index (χ4n) is 2.66. The number of carbonyl (C=O) groups is 2. The number of carboxylic acids is 1. The Morgan fingerprint density at radius 1 is 1.19 bits per heavy atom. The van der Waals surface area contributed by atoms with Gasteiger partial charge in [0, 0.05) is 5.56 Å². The molecule has 3 N–H and O–H groups in total. The summed E-state index contributed by atoms with van der Waals surface area (Å²) in [6, 6.07) is 9.55. The fraction of sp³-hybridized carbons (Fsp3) is 0.263. The number of benzene rings is 1. The Bertz CT molecular complexity index is 999. The van der Waals surface area contributed by atoms with Gasteiger partial charge in [-0.2, -0.15) is 0 Å². The summed E-state index contributed by atoms with van der Waals surface area (Å²) >= 11 is 1.28. The van der Waals surface area contributed by atoms with Gasteiger partial charge >= 0.3 is 5.97 Å². The minimum atomic E-state index is -1.17. The Labute approximate surface area is 159 Å². The molecule has 0 bridgehead atoms. The Hall–Kier alpha value is -3.00. The number of aromatic hydroxyl groups is 1. The maximum absolute atomic E-state index is 12.3. The Morgan fingerprint density at radius 3 is 2.52 bits per heavy atom. The van der Waals surface area contributed by atoms with Gasteiger partial charge in [0.1, 0.15) is 21.8 Å². The van der Waals surface area contributed by atoms with Gasteiger partial charge in [0.2, 0.25) is 0 Å². The molecule has 0 saturated heterocycles. The maximum atomic E-state index is 12.3. The van der Waals surface area contributed by atoms with Crippen LogP contribution in [0.1, 0.15) is 30.0 Å². The van der Waals surface area contributed by atoms with Crippen molar-refractivity contribution in [2.24, 2.45) is 5.92 Å². The summed E-state index contributed by atoms with van der Waals surface area (Å²) in [5, 5.41) is 22.3. The Balaban J connectivity index is 2.13. The van der Waals surface area contributed by atoms with Crippen molar-refractivity contribution >= 4 is 33.4 Å². The molecule has 1 aromatic carbocycles. The van der Waals surface area contributed by atoms with E-state index in [1.807, 2.05) is 44.2 Å². The van der Waals surface area contributed by atoms with E-state index >= 15 is 0 Å². The summed E-state index contributed by atoms with van der Waals surface area (Å²) in [4.78, 5) is 32.0. The van der Waals surface area contributed by atoms with Crippen LogP contribution in [0, 0.1) is 5.92 Å². The quantitative estimate of drug-likeness (QED) is 0.601. The van der Waals surface area contributed by atoms with E-state index in [1.165, 1.54) is 11.3 Å². The molecule has 2 heterocycles. The van der Waals surface area contributed by atoms with Gasteiger partial charge < -0.3 is 15.5 Å². The lowest BCUT2D eigenvalue weighted by Gasteiger charge is -2.10. The van der Waals surface area contributed by atoms with Crippen molar-refractivity contribution in [2.75, 3.05) is 6.54 Å². The zero-order valence-electron chi connectivity index (χ0n) is 14.9. The minimum Gasteiger partial charge on any atom is -0.504 e. The van der Waals surface area contributed by atoms with Crippen LogP contribution in [0.15, 0.2) is 30.3 Å². The zero-order valence-corrected chi connectivity index (χ0v) is 15.7. The van der Waals surface area contributed by atoms with Crippen molar-refractivity contribution in [1.29, 1.82) is 0 Å². The van der Waals surface area contributed by atoms with Crippen molar-refractivity contribution < 1.29 is 19.8 Å². The van der Waals surface area contributed by atoms with Crippen LogP contribution < -0.4 is 5.32 Å². The van der Waals surface area contributed by atoms with Crippen molar-refractivity contribution in [3.63, 3.8) is 0 Å². The summed E-state index contributed by atoms with van der Waals surface area (Å²) in [5.74, 6) is -1.91. The van der Waals surface area contributed by atoms with Gasteiger partial charge in [-0.1, -0.05) is 44.2 Å². The van der Waals surface area contributed by atoms with Gasteiger partial charge in [-0.05, 0) is 12.3 Å². The number of hydrogen-bond donors (Lipinski definition) is 3. The fourth-order valence-corrected chi connectivity index (χ4v) is 3.69. The van der Waals surface area contributed by atoms with Crippen LogP contribution in [0.2, 0.25) is 0 Å². The third kappa shape index (κ3) is 4.06. The molecule has 7 nitrogen and oxygen atoms in total. The molecule has 0 saturated carbocycles. The van der Waals surface area contributed by atoms with Crippen molar-refractivity contribution in [3.8, 4) is 16.3 Å². The molecule has 3 rings (SSSR count). The lowest BCUT2D eigenvalue weighted by molar-refractivity contribution is -0.135. The molecule has 27 heavy (non-hydrogen) atoms. The van der Waals surface area contributed by atoms with E-state index < -0.39 is 18.4 Å². The first kappa shape index (κ1) is 18.8. The molecule has 0 fully saturated rings. The number of hydrogen-bond acceptors (Lipinski definition) is 6. The third-order valence-corrected chi connectivity index (χ3v) is 4.94. The number of carbonyl (C=O) groups excluding carboxylic acids is 1. The van der Waals surface area contributed by atoms with Gasteiger partial charge in [0.05, 0.1) is 5.69 Å². The highest BCUT2D eigenvalue weighted by Crippen LogP contribution is 2.38. The van der Waals surface area contributed by atoms with E-state index in [0.717, 1.165) is 10.6 Å². The molecule has 2 aromatic heterocycles. The lowest BCUT2D eigenvalue weighted by Crippen LogP contribution is -2.30. The second-order valence-corrected chi connectivity index (χ2v) is 7.49. The summed E-state index contributed by atoms with van der Waals surface area (Å²) in [7, 11) is 0. The number of amides is 1. The van der Waals surface area contributed by atoms with Crippen molar-refractivity contribution in [2.45, 2.75) is 20.3 Å². The number of aliphatic carboxylic acids is 1. The monoisotopic (exact) mass is 385 g/mol. The van der Waals surface area contributed by atoms with Gasteiger partial charge in [-0.3, -0.25) is 9.59 Å². The molecule has 140 valence electrons. The summed E-state index contributed by atoms with van der Waals surface area (Å²) < 4.78 is 0.472. The largest absolute Gasteiger partial charge is 0.504 e. The molecule has 0 atom stereocenters. The van der Waals surface area contributed by atoms with Crippen LogP contribution in [-0.2, 0) is 11.2 Å². The summed E-state index contributed by atoms with van der Waals surface area (Å²) in [6.45, 7) is 3.50. The van der Waals surface area contributed by atoms with E-state index in [9.17, 15) is 14.7 Å². The lowest BCUT2D eigenvalue weighted by atomic mass is 10.1. The van der Waals surface area contributed by atoms with Crippen LogP contribution in [-0.4, -0.2) is 38.6 Å². The summed E-state index contributed by atoms with van der Waals surface area (Å²) in [6.07, 6.45) is 0.577. The first-order valence-corrected chi connectivity index (χ1v) is 9.26. The highest BCUT2D eigenvalue weighted by atomic mass is 32.1. The van der Waals surface area contributed by atoms with Gasteiger partial charge in [0.15, 0.2) is 11.4 Å². The SMILES string of the molecule is CC(C)Cc1nc(C(=O)NCC(=O)O)c(O)c2sc(-c3ccccc3)nc12. The molecule has 0 aliphatic carbocycles. The summed E-state index contributed by atoms with van der Waals surface area (Å²) in [5.41, 5.74) is 1.91. The Morgan fingerprint density at radius 2 is 1.89 bits per heavy atom. The number of aromatic nitrogens is 2. The number of nitrogens with zero attached hydrogens (tertiary/aromatic N) is 2. The smallest absolute Gasteiger partial charge is 0.322 e. The molecule has 1 amide bonds. The molecule has 0 aliphatic heterocycles. The van der Waals surface area contributed by atoms with E-state index in [1.54, 1.807) is 0 Å². The highest BCUT2D eigenvalue weighted by molar-refractivity contribution is 7.22. The Kier molecular flexibility index (Phi) is 5.36. The van der Waals surface area contributed by atoms with Gasteiger partial charge in [-0.25, -0.2) is 9.97 Å². The van der Waals surface area contributed by atoms with Crippen LogP contribution in [0.4, 0.5) is 0 Å². The first-order valence-electron chi connectivity index (χ1n) is 8.44.